The van der Waals surface area contributed by atoms with Gasteiger partial charge in [-0.3, -0.25) is 0 Å². The SMILES string of the molecule is CCCCC1=CC(C)=[C]([Zr+2]2([CH]3C=Cc4ccccc43)[P](C)[P]2C)C1.[F-].[F-]. The summed E-state index contributed by atoms with van der Waals surface area (Å²) in [5.41, 5.74) is 6.62. The van der Waals surface area contributed by atoms with Gasteiger partial charge in [0.15, 0.2) is 0 Å². The van der Waals surface area contributed by atoms with Gasteiger partial charge in [0, 0.05) is 0 Å². The first kappa shape index (κ1) is 22.3. The fourth-order valence-electron chi connectivity index (χ4n) is 4.84. The number of allylic oxidation sites excluding steroid dienone is 5. The summed E-state index contributed by atoms with van der Waals surface area (Å²) < 4.78 is 2.86. The molecule has 1 aliphatic heterocycles. The molecule has 3 unspecified atom stereocenters. The van der Waals surface area contributed by atoms with E-state index in [9.17, 15) is 0 Å². The zero-order valence-corrected chi connectivity index (χ0v) is 20.3. The van der Waals surface area contributed by atoms with Crippen LogP contribution in [0.4, 0.5) is 0 Å². The maximum absolute atomic E-state index is 2.66. The molecule has 1 aromatic carbocycles. The number of benzene rings is 1. The molecule has 1 heterocycles. The van der Waals surface area contributed by atoms with Crippen LogP contribution in [-0.4, -0.2) is 13.3 Å². The van der Waals surface area contributed by atoms with Crippen LogP contribution in [0.5, 0.6) is 0 Å². The van der Waals surface area contributed by atoms with Gasteiger partial charge in [-0.2, -0.15) is 0 Å². The molecule has 0 nitrogen and oxygen atoms in total. The standard InChI is InChI=1S/C10H15.C9H7.C2H6P2.2FH.Zr/c1-3-4-5-10-7-6-9(2)8-10;1-2-5-9-7-3-6-8(9)4-1;1-3-4-2;;;/h8H,3-5,7H2,1-2H3;1-7H;1-2H3;2*1H;/q;;-2;;;+4/p-2. The first-order valence-corrected chi connectivity index (χ1v) is 22.8. The fraction of sp³-hybridized carbons (Fsp3) is 0.429. The molecule has 0 spiro atoms. The largest absolute Gasteiger partial charge is 1.00 e. The molecule has 26 heavy (non-hydrogen) atoms. The van der Waals surface area contributed by atoms with Crippen LogP contribution < -0.4 is 9.41 Å². The van der Waals surface area contributed by atoms with E-state index >= 15 is 0 Å². The summed E-state index contributed by atoms with van der Waals surface area (Å²) in [5, 5.41) is 0. The van der Waals surface area contributed by atoms with Crippen molar-refractivity contribution >= 4 is 15.9 Å². The van der Waals surface area contributed by atoms with Crippen molar-refractivity contribution in [3.63, 3.8) is 0 Å². The Labute approximate surface area is 162 Å². The Hall–Kier alpha value is 0.0431. The van der Waals surface area contributed by atoms with Gasteiger partial charge in [0.1, 0.15) is 0 Å². The summed E-state index contributed by atoms with van der Waals surface area (Å²) in [6.45, 7) is 10.1. The van der Waals surface area contributed by atoms with Gasteiger partial charge in [-0.15, -0.1) is 0 Å². The van der Waals surface area contributed by atoms with Crippen LogP contribution >= 0.6 is 9.81 Å². The number of hydrogen-bond acceptors (Lipinski definition) is 0. The summed E-state index contributed by atoms with van der Waals surface area (Å²) in [5.74, 6) is 0. The van der Waals surface area contributed by atoms with Crippen molar-refractivity contribution in [2.24, 2.45) is 0 Å². The maximum Gasteiger partial charge on any atom is -1.00 e. The molecule has 5 heteroatoms. The Morgan fingerprint density at radius 3 is 2.46 bits per heavy atom. The minimum Gasteiger partial charge on any atom is -1.00 e. The maximum atomic E-state index is 2.66. The minimum atomic E-state index is -2.24. The zero-order chi connectivity index (χ0) is 16.9. The van der Waals surface area contributed by atoms with Gasteiger partial charge in [0.2, 0.25) is 0 Å². The first-order valence-electron chi connectivity index (χ1n) is 9.25. The molecule has 140 valence electrons. The summed E-state index contributed by atoms with van der Waals surface area (Å²) in [4.78, 5) is 0.696. The number of hydrogen-bond donors (Lipinski definition) is 0. The van der Waals surface area contributed by atoms with Gasteiger partial charge >= 0.3 is 153 Å². The van der Waals surface area contributed by atoms with E-state index in [2.05, 4.69) is 69.7 Å². The van der Waals surface area contributed by atoms with Crippen LogP contribution in [-0.2, 0) is 19.1 Å². The van der Waals surface area contributed by atoms with Gasteiger partial charge in [-0.25, -0.2) is 0 Å². The van der Waals surface area contributed by atoms with Crippen molar-refractivity contribution < 1.29 is 28.5 Å². The average molecular weight is 472 g/mol. The number of fused-ring (bicyclic) bond motifs is 1. The van der Waals surface area contributed by atoms with E-state index in [-0.39, 0.29) is 9.41 Å². The molecule has 0 N–H and O–H groups in total. The minimum absolute atomic E-state index is 0. The Morgan fingerprint density at radius 1 is 1.12 bits per heavy atom. The molecule has 0 radical (unpaired) electrons. The molecule has 4 rings (SSSR count). The molecule has 2 aliphatic carbocycles. The van der Waals surface area contributed by atoms with Crippen LogP contribution in [0, 0.1) is 0 Å². The Bertz CT molecular complexity index is 761. The Kier molecular flexibility index (Phi) is 7.38. The van der Waals surface area contributed by atoms with Gasteiger partial charge in [-0.1, -0.05) is 0 Å². The zero-order valence-electron chi connectivity index (χ0n) is 16.1. The summed E-state index contributed by atoms with van der Waals surface area (Å²) >= 11 is -2.24. The topological polar surface area (TPSA) is 0 Å². The Balaban J connectivity index is 0.00000121. The molecule has 0 amide bonds. The third-order valence-corrected chi connectivity index (χ3v) is 66.7. The third kappa shape index (κ3) is 3.32. The average Bonchev–Trinajstić information content (AvgIpc) is 2.97. The van der Waals surface area contributed by atoms with Gasteiger partial charge in [0.05, 0.1) is 0 Å². The van der Waals surface area contributed by atoms with E-state index in [1.807, 2.05) is 3.28 Å². The van der Waals surface area contributed by atoms with E-state index in [1.165, 1.54) is 31.2 Å². The van der Waals surface area contributed by atoms with E-state index < -0.39 is 19.1 Å². The molecule has 1 aromatic rings. The Morgan fingerprint density at radius 2 is 1.81 bits per heavy atom. The normalized spacial score (nSPS) is 28.8. The van der Waals surface area contributed by atoms with Crippen LogP contribution in [0.2, 0.25) is 0 Å². The second kappa shape index (κ2) is 8.59. The molecular weight excluding hydrogens is 443 g/mol. The van der Waals surface area contributed by atoms with Crippen molar-refractivity contribution in [3.8, 4) is 0 Å². The monoisotopic (exact) mass is 470 g/mol. The predicted molar refractivity (Wildman–Crippen MR) is 109 cm³/mol. The van der Waals surface area contributed by atoms with E-state index in [0.29, 0.717) is 9.81 Å². The molecule has 0 bridgehead atoms. The van der Waals surface area contributed by atoms with Gasteiger partial charge in [-0.05, 0) is 0 Å². The predicted octanol–water partition coefficient (Wildman–Crippen LogP) is 1.69. The summed E-state index contributed by atoms with van der Waals surface area (Å²) in [7, 11) is 0. The quantitative estimate of drug-likeness (QED) is 0.574. The smallest absolute Gasteiger partial charge is 1.00 e. The molecule has 0 aromatic heterocycles. The van der Waals surface area contributed by atoms with Gasteiger partial charge in [0.25, 0.3) is 0 Å². The number of halogens is 2. The third-order valence-electron chi connectivity index (χ3n) is 6.23. The second-order valence-electron chi connectivity index (χ2n) is 7.48. The van der Waals surface area contributed by atoms with Crippen LogP contribution in [0.25, 0.3) is 6.08 Å². The van der Waals surface area contributed by atoms with E-state index in [0.717, 1.165) is 3.63 Å². The van der Waals surface area contributed by atoms with Crippen molar-refractivity contribution in [2.45, 2.75) is 43.2 Å². The number of rotatable bonds is 5. The van der Waals surface area contributed by atoms with Crippen LogP contribution in [0.1, 0.15) is 54.3 Å². The van der Waals surface area contributed by atoms with E-state index in [4.69, 9.17) is 0 Å². The number of unbranched alkanes of at least 4 members (excludes halogenated alkanes) is 1. The van der Waals surface area contributed by atoms with Crippen molar-refractivity contribution in [2.75, 3.05) is 13.3 Å². The van der Waals surface area contributed by atoms with Crippen LogP contribution in [0.15, 0.2) is 50.8 Å². The van der Waals surface area contributed by atoms with Crippen molar-refractivity contribution in [3.05, 3.63) is 62.0 Å². The molecule has 3 aliphatic rings. The van der Waals surface area contributed by atoms with Crippen molar-refractivity contribution in [1.29, 1.82) is 0 Å². The molecule has 1 saturated heterocycles. The van der Waals surface area contributed by atoms with E-state index in [1.54, 1.807) is 16.7 Å². The van der Waals surface area contributed by atoms with Crippen molar-refractivity contribution in [1.82, 2.24) is 0 Å². The summed E-state index contributed by atoms with van der Waals surface area (Å²) in [6.07, 6.45) is 13.0. The fourth-order valence-corrected chi connectivity index (χ4v) is 86.4. The molecule has 0 saturated carbocycles. The van der Waals surface area contributed by atoms with Crippen LogP contribution in [0.3, 0.4) is 0 Å². The van der Waals surface area contributed by atoms with Gasteiger partial charge < -0.3 is 9.41 Å². The molecular formula is C21H28F2P2Zr. The first-order chi connectivity index (χ1) is 11.6. The second-order valence-corrected chi connectivity index (χ2v) is 45.6. The molecule has 3 atom stereocenters. The molecule has 1 fully saturated rings. The summed E-state index contributed by atoms with van der Waals surface area (Å²) in [6, 6.07) is 9.22.